The summed E-state index contributed by atoms with van der Waals surface area (Å²) in [6, 6.07) is 16.9. The molecule has 1 fully saturated rings. The standard InChI is InChI=1S/C26H28N2O5/c1-31-21-15-14-20(17-23(21)32-2)28(26(30)22-13-8-16-33-22)24(18-9-4-3-5-10-18)25(29)27-19-11-6-7-12-19/h3-5,8-10,13-17,19,24H,6-7,11-12H2,1-2H3,(H,27,29)/t24-/m0/s1. The lowest BCUT2D eigenvalue weighted by Gasteiger charge is -2.32. The topological polar surface area (TPSA) is 81.0 Å². The number of carbonyl (C=O) groups excluding carboxylic acids is 2. The van der Waals surface area contributed by atoms with Crippen molar-refractivity contribution < 1.29 is 23.5 Å². The fraction of sp³-hybridized carbons (Fsp3) is 0.308. The number of furan rings is 1. The number of hydrogen-bond acceptors (Lipinski definition) is 5. The minimum absolute atomic E-state index is 0.106. The highest BCUT2D eigenvalue weighted by Gasteiger charge is 2.36. The molecule has 1 N–H and O–H groups in total. The Morgan fingerprint density at radius 2 is 1.70 bits per heavy atom. The number of methoxy groups -OCH3 is 2. The van der Waals surface area contributed by atoms with E-state index in [-0.39, 0.29) is 17.7 Å². The Bertz CT molecular complexity index is 1080. The van der Waals surface area contributed by atoms with Crippen LogP contribution in [-0.4, -0.2) is 32.1 Å². The first kappa shape index (κ1) is 22.5. The molecule has 1 aliphatic rings. The number of benzene rings is 2. The molecule has 0 unspecified atom stereocenters. The summed E-state index contributed by atoms with van der Waals surface area (Å²) in [5.41, 5.74) is 1.19. The second-order valence-corrected chi connectivity index (χ2v) is 7.99. The summed E-state index contributed by atoms with van der Waals surface area (Å²) >= 11 is 0. The van der Waals surface area contributed by atoms with Gasteiger partial charge in [0.25, 0.3) is 5.91 Å². The number of hydrogen-bond donors (Lipinski definition) is 1. The number of nitrogens with one attached hydrogen (secondary N) is 1. The smallest absolute Gasteiger partial charge is 0.294 e. The highest BCUT2D eigenvalue weighted by atomic mass is 16.5. The van der Waals surface area contributed by atoms with E-state index in [9.17, 15) is 9.59 Å². The lowest BCUT2D eigenvalue weighted by molar-refractivity contribution is -0.123. The van der Waals surface area contributed by atoms with Crippen LogP contribution in [0.1, 0.15) is 47.8 Å². The fourth-order valence-electron chi connectivity index (χ4n) is 4.28. The van der Waals surface area contributed by atoms with Crippen molar-refractivity contribution >= 4 is 17.5 Å². The van der Waals surface area contributed by atoms with E-state index in [0.717, 1.165) is 25.7 Å². The maximum atomic E-state index is 13.7. The summed E-state index contributed by atoms with van der Waals surface area (Å²) < 4.78 is 16.2. The molecule has 3 aromatic rings. The third-order valence-electron chi connectivity index (χ3n) is 5.92. The van der Waals surface area contributed by atoms with Gasteiger partial charge in [-0.25, -0.2) is 0 Å². The van der Waals surface area contributed by atoms with Crippen LogP contribution in [-0.2, 0) is 4.79 Å². The highest BCUT2D eigenvalue weighted by Crippen LogP contribution is 2.36. The molecule has 33 heavy (non-hydrogen) atoms. The van der Waals surface area contributed by atoms with Crippen LogP contribution in [0.4, 0.5) is 5.69 Å². The van der Waals surface area contributed by atoms with Crippen molar-refractivity contribution in [2.75, 3.05) is 19.1 Å². The first-order chi connectivity index (χ1) is 16.1. The molecule has 1 saturated carbocycles. The van der Waals surface area contributed by atoms with Gasteiger partial charge in [0, 0.05) is 17.8 Å². The Balaban J connectivity index is 1.82. The van der Waals surface area contributed by atoms with Gasteiger partial charge in [-0.3, -0.25) is 14.5 Å². The molecule has 172 valence electrons. The molecule has 2 aromatic carbocycles. The van der Waals surface area contributed by atoms with Gasteiger partial charge in [-0.2, -0.15) is 0 Å². The van der Waals surface area contributed by atoms with Crippen LogP contribution < -0.4 is 19.7 Å². The minimum atomic E-state index is -0.900. The monoisotopic (exact) mass is 448 g/mol. The number of ether oxygens (including phenoxy) is 2. The Labute approximate surface area is 193 Å². The van der Waals surface area contributed by atoms with E-state index >= 15 is 0 Å². The third-order valence-corrected chi connectivity index (χ3v) is 5.92. The highest BCUT2D eigenvalue weighted by molar-refractivity contribution is 6.08. The van der Waals surface area contributed by atoms with Gasteiger partial charge in [-0.05, 0) is 42.7 Å². The zero-order chi connectivity index (χ0) is 23.2. The largest absolute Gasteiger partial charge is 0.493 e. The van der Waals surface area contributed by atoms with E-state index < -0.39 is 11.9 Å². The van der Waals surface area contributed by atoms with E-state index in [1.807, 2.05) is 30.3 Å². The lowest BCUT2D eigenvalue weighted by atomic mass is 10.0. The van der Waals surface area contributed by atoms with Crippen molar-refractivity contribution in [1.82, 2.24) is 5.32 Å². The number of carbonyl (C=O) groups is 2. The van der Waals surface area contributed by atoms with E-state index in [1.54, 1.807) is 37.4 Å². The minimum Gasteiger partial charge on any atom is -0.493 e. The van der Waals surface area contributed by atoms with E-state index in [2.05, 4.69) is 5.32 Å². The zero-order valence-corrected chi connectivity index (χ0v) is 18.8. The van der Waals surface area contributed by atoms with Gasteiger partial charge in [0.05, 0.1) is 20.5 Å². The van der Waals surface area contributed by atoms with Crippen molar-refractivity contribution in [1.29, 1.82) is 0 Å². The summed E-state index contributed by atoms with van der Waals surface area (Å²) in [4.78, 5) is 28.8. The molecule has 0 radical (unpaired) electrons. The van der Waals surface area contributed by atoms with Crippen molar-refractivity contribution in [3.05, 3.63) is 78.3 Å². The first-order valence-corrected chi connectivity index (χ1v) is 11.1. The first-order valence-electron chi connectivity index (χ1n) is 11.1. The second-order valence-electron chi connectivity index (χ2n) is 7.99. The van der Waals surface area contributed by atoms with Crippen molar-refractivity contribution in [2.45, 2.75) is 37.8 Å². The summed E-state index contributed by atoms with van der Waals surface area (Å²) in [6.07, 6.45) is 5.50. The van der Waals surface area contributed by atoms with Gasteiger partial charge >= 0.3 is 0 Å². The van der Waals surface area contributed by atoms with Gasteiger partial charge in [-0.15, -0.1) is 0 Å². The van der Waals surface area contributed by atoms with Crippen molar-refractivity contribution in [2.24, 2.45) is 0 Å². The van der Waals surface area contributed by atoms with Gasteiger partial charge < -0.3 is 19.2 Å². The Morgan fingerprint density at radius 1 is 0.970 bits per heavy atom. The van der Waals surface area contributed by atoms with E-state index in [0.29, 0.717) is 22.7 Å². The van der Waals surface area contributed by atoms with Crippen LogP contribution in [0.15, 0.2) is 71.3 Å². The molecule has 1 atom stereocenters. The van der Waals surface area contributed by atoms with Crippen LogP contribution in [0, 0.1) is 0 Å². The predicted molar refractivity (Wildman–Crippen MR) is 125 cm³/mol. The second kappa shape index (κ2) is 10.3. The Hall–Kier alpha value is -3.74. The number of anilines is 1. The molecule has 0 saturated heterocycles. The summed E-state index contributed by atoms with van der Waals surface area (Å²) in [5, 5.41) is 3.16. The molecule has 7 heteroatoms. The SMILES string of the molecule is COc1ccc(N(C(=O)c2ccco2)[C@H](C(=O)NC2CCCC2)c2ccccc2)cc1OC. The van der Waals surface area contributed by atoms with E-state index in [1.165, 1.54) is 18.3 Å². The molecule has 0 spiro atoms. The zero-order valence-electron chi connectivity index (χ0n) is 18.8. The molecule has 1 aromatic heterocycles. The Morgan fingerprint density at radius 3 is 2.33 bits per heavy atom. The van der Waals surface area contributed by atoms with Gasteiger partial charge in [0.1, 0.15) is 6.04 Å². The maximum Gasteiger partial charge on any atom is 0.294 e. The molecule has 0 bridgehead atoms. The van der Waals surface area contributed by atoms with Gasteiger partial charge in [-0.1, -0.05) is 43.2 Å². The number of nitrogens with zero attached hydrogens (tertiary/aromatic N) is 1. The molecule has 1 heterocycles. The molecular formula is C26H28N2O5. The average molecular weight is 449 g/mol. The molecule has 4 rings (SSSR count). The number of rotatable bonds is 8. The third kappa shape index (κ3) is 4.87. The Kier molecular flexibility index (Phi) is 6.98. The van der Waals surface area contributed by atoms with Gasteiger partial charge in [0.15, 0.2) is 17.3 Å². The average Bonchev–Trinajstić information content (AvgIpc) is 3.57. The van der Waals surface area contributed by atoms with Crippen LogP contribution in [0.25, 0.3) is 0 Å². The van der Waals surface area contributed by atoms with Crippen molar-refractivity contribution in [3.8, 4) is 11.5 Å². The molecule has 2 amide bonds. The number of amides is 2. The summed E-state index contributed by atoms with van der Waals surface area (Å²) in [5.74, 6) is 0.457. The fourth-order valence-corrected chi connectivity index (χ4v) is 4.28. The predicted octanol–water partition coefficient (Wildman–Crippen LogP) is 4.74. The van der Waals surface area contributed by atoms with Crippen LogP contribution >= 0.6 is 0 Å². The lowest BCUT2D eigenvalue weighted by Crippen LogP contribution is -2.46. The van der Waals surface area contributed by atoms with Crippen LogP contribution in [0.5, 0.6) is 11.5 Å². The molecule has 0 aliphatic heterocycles. The normalized spacial score (nSPS) is 14.5. The van der Waals surface area contributed by atoms with Gasteiger partial charge in [0.2, 0.25) is 5.91 Å². The van der Waals surface area contributed by atoms with Crippen molar-refractivity contribution in [3.63, 3.8) is 0 Å². The maximum absolute atomic E-state index is 13.7. The quantitative estimate of drug-likeness (QED) is 0.538. The molecule has 7 nitrogen and oxygen atoms in total. The molecular weight excluding hydrogens is 420 g/mol. The van der Waals surface area contributed by atoms with E-state index in [4.69, 9.17) is 13.9 Å². The molecule has 1 aliphatic carbocycles. The van der Waals surface area contributed by atoms with Crippen LogP contribution in [0.3, 0.4) is 0 Å². The van der Waals surface area contributed by atoms with Crippen LogP contribution in [0.2, 0.25) is 0 Å². The summed E-state index contributed by atoms with van der Waals surface area (Å²) in [7, 11) is 3.08. The summed E-state index contributed by atoms with van der Waals surface area (Å²) in [6.45, 7) is 0.